The summed E-state index contributed by atoms with van der Waals surface area (Å²) < 4.78 is 7.45. The number of nitrogens with one attached hydrogen (secondary N) is 1. The van der Waals surface area contributed by atoms with Crippen molar-refractivity contribution in [3.05, 3.63) is 64.7 Å². The molecule has 1 unspecified atom stereocenters. The highest BCUT2D eigenvalue weighted by Gasteiger charge is 2.32. The first kappa shape index (κ1) is 26.9. The van der Waals surface area contributed by atoms with Gasteiger partial charge in [-0.1, -0.05) is 41.9 Å². The van der Waals surface area contributed by atoms with Gasteiger partial charge in [0.1, 0.15) is 5.60 Å². The molecule has 4 rings (SSSR count). The average Bonchev–Trinajstić information content (AvgIpc) is 3.16. The number of hydrogen-bond acceptors (Lipinski definition) is 4. The number of halogens is 1. The zero-order chi connectivity index (χ0) is 26.7. The Morgan fingerprint density at radius 2 is 1.92 bits per heavy atom. The Morgan fingerprint density at radius 3 is 2.62 bits per heavy atom. The van der Waals surface area contributed by atoms with Crippen molar-refractivity contribution in [2.45, 2.75) is 39.0 Å². The second kappa shape index (κ2) is 11.1. The molecular formula is C27H33ClN5O3S+. The molecule has 0 saturated carbocycles. The normalized spacial score (nSPS) is 19.9. The number of aliphatic hydroxyl groups is 1. The number of aliphatic hydroxyl groups excluding tert-OH is 1. The van der Waals surface area contributed by atoms with Crippen LogP contribution in [0.5, 0.6) is 0 Å². The molecule has 8 nitrogen and oxygen atoms in total. The molecule has 0 bridgehead atoms. The Morgan fingerprint density at radius 1 is 1.19 bits per heavy atom. The lowest BCUT2D eigenvalue weighted by Gasteiger charge is -2.26. The molecule has 0 aromatic heterocycles. The number of amides is 1. The van der Waals surface area contributed by atoms with Crippen molar-refractivity contribution in [2.75, 3.05) is 38.1 Å². The zero-order valence-corrected chi connectivity index (χ0v) is 23.1. The van der Waals surface area contributed by atoms with Crippen LogP contribution in [-0.4, -0.2) is 82.4 Å². The summed E-state index contributed by atoms with van der Waals surface area (Å²) in [6, 6.07) is 15.2. The van der Waals surface area contributed by atoms with Crippen molar-refractivity contribution >= 4 is 52.3 Å². The molecule has 1 atom stereocenters. The van der Waals surface area contributed by atoms with Gasteiger partial charge in [-0.2, -0.15) is 4.58 Å². The molecule has 1 fully saturated rings. The van der Waals surface area contributed by atoms with Crippen LogP contribution in [0.3, 0.4) is 0 Å². The van der Waals surface area contributed by atoms with Gasteiger partial charge in [-0.15, -0.1) is 0 Å². The summed E-state index contributed by atoms with van der Waals surface area (Å²) in [5, 5.41) is 14.6. The highest BCUT2D eigenvalue weighted by Crippen LogP contribution is 2.30. The number of likely N-dealkylation sites (N-methyl/N-ethyl adjacent to an activating group) is 1. The van der Waals surface area contributed by atoms with E-state index in [0.29, 0.717) is 42.0 Å². The molecule has 2 aliphatic rings. The number of benzodiazepines with no additional fused rings is 1. The largest absolute Gasteiger partial charge is 0.547 e. The molecule has 2 N–H and O–H groups in total. The van der Waals surface area contributed by atoms with E-state index in [1.54, 1.807) is 18.0 Å². The highest BCUT2D eigenvalue weighted by atomic mass is 35.5. The predicted molar refractivity (Wildman–Crippen MR) is 151 cm³/mol. The second-order valence-corrected chi connectivity index (χ2v) is 10.9. The molecule has 2 aliphatic heterocycles. The average molecular weight is 543 g/mol. The number of aliphatic imine (C=N–C) groups is 1. The number of anilines is 1. The van der Waals surface area contributed by atoms with Gasteiger partial charge in [-0.05, 0) is 51.2 Å². The summed E-state index contributed by atoms with van der Waals surface area (Å²) >= 11 is 12.1. The molecule has 2 heterocycles. The lowest BCUT2D eigenvalue weighted by Crippen LogP contribution is -2.51. The molecule has 0 aliphatic carbocycles. The zero-order valence-electron chi connectivity index (χ0n) is 21.6. The molecule has 196 valence electrons. The van der Waals surface area contributed by atoms with Crippen LogP contribution >= 0.6 is 23.8 Å². The molecule has 0 radical (unpaired) electrons. The monoisotopic (exact) mass is 542 g/mol. The Kier molecular flexibility index (Phi) is 8.04. The first-order valence-corrected chi connectivity index (χ1v) is 13.1. The van der Waals surface area contributed by atoms with Crippen LogP contribution in [0.1, 0.15) is 38.3 Å². The molecule has 2 aromatic rings. The lowest BCUT2D eigenvalue weighted by atomic mass is 10.0. The topological polar surface area (TPSA) is 80.4 Å². The van der Waals surface area contributed by atoms with Crippen molar-refractivity contribution in [3.63, 3.8) is 0 Å². The van der Waals surface area contributed by atoms with Crippen LogP contribution < -0.4 is 10.2 Å². The van der Waals surface area contributed by atoms with Gasteiger partial charge < -0.3 is 25.0 Å². The smallest absolute Gasteiger partial charge is 0.430 e. The number of hydrogen-bond donors (Lipinski definition) is 2. The van der Waals surface area contributed by atoms with Crippen LogP contribution in [0.4, 0.5) is 5.69 Å². The van der Waals surface area contributed by atoms with Gasteiger partial charge >= 0.3 is 6.08 Å². The molecule has 1 amide bonds. The van der Waals surface area contributed by atoms with E-state index in [1.165, 1.54) is 0 Å². The maximum atomic E-state index is 13.5. The molecular weight excluding hydrogens is 510 g/mol. The van der Waals surface area contributed by atoms with E-state index in [9.17, 15) is 9.90 Å². The number of ether oxygens (including phenoxy) is 1. The van der Waals surface area contributed by atoms with Crippen LogP contribution in [0, 0.1) is 0 Å². The summed E-state index contributed by atoms with van der Waals surface area (Å²) in [5.74, 6) is -0.224. The first-order valence-electron chi connectivity index (χ1n) is 12.3. The lowest BCUT2D eigenvalue weighted by molar-refractivity contribution is -0.542. The number of benzene rings is 2. The molecule has 37 heavy (non-hydrogen) atoms. The minimum absolute atomic E-state index is 0.0812. The fourth-order valence-corrected chi connectivity index (χ4v) is 4.79. The van der Waals surface area contributed by atoms with E-state index in [4.69, 9.17) is 33.5 Å². The van der Waals surface area contributed by atoms with Crippen LogP contribution in [0.15, 0.2) is 53.5 Å². The van der Waals surface area contributed by atoms with Gasteiger partial charge in [0.2, 0.25) is 6.17 Å². The number of carbonyl (C=O) groups excluding carboxylic acids is 1. The Balaban J connectivity index is 1.59. The fraction of sp³-hybridized carbons (Fsp3) is 0.407. The molecule has 2 aromatic carbocycles. The molecule has 10 heteroatoms. The van der Waals surface area contributed by atoms with Crippen molar-refractivity contribution in [2.24, 2.45) is 4.99 Å². The van der Waals surface area contributed by atoms with Gasteiger partial charge in [-0.3, -0.25) is 4.79 Å². The van der Waals surface area contributed by atoms with Crippen LogP contribution in [0.2, 0.25) is 5.02 Å². The third-order valence-electron chi connectivity index (χ3n) is 6.16. The minimum atomic E-state index is -0.914. The van der Waals surface area contributed by atoms with E-state index >= 15 is 0 Å². The summed E-state index contributed by atoms with van der Waals surface area (Å²) in [5.41, 5.74) is 2.55. The Labute approximate surface area is 228 Å². The third-order valence-corrected chi connectivity index (χ3v) is 6.77. The van der Waals surface area contributed by atoms with Crippen LogP contribution in [0.25, 0.3) is 0 Å². The van der Waals surface area contributed by atoms with Gasteiger partial charge in [-0.25, -0.2) is 4.99 Å². The summed E-state index contributed by atoms with van der Waals surface area (Å²) in [6.45, 7) is 8.08. The fourth-order valence-electron chi connectivity index (χ4n) is 4.32. The number of thiocarbonyl (C=S) groups is 1. The SMILES string of the molecule is CN1C(=O)C(NC(=S)N2CCC[N+](=C(O)OC(C)(C)C)CC2)N=C(c2ccccc2)c2cc(Cl)ccc21. The van der Waals surface area contributed by atoms with Gasteiger partial charge in [0.25, 0.3) is 5.91 Å². The van der Waals surface area contributed by atoms with E-state index in [-0.39, 0.29) is 12.0 Å². The van der Waals surface area contributed by atoms with Gasteiger partial charge in [0.05, 0.1) is 17.9 Å². The minimum Gasteiger partial charge on any atom is -0.430 e. The maximum absolute atomic E-state index is 13.5. The van der Waals surface area contributed by atoms with Gasteiger partial charge in [0.15, 0.2) is 18.2 Å². The number of carbonyl (C=O) groups is 1. The predicted octanol–water partition coefficient (Wildman–Crippen LogP) is 3.80. The van der Waals surface area contributed by atoms with E-state index < -0.39 is 11.8 Å². The van der Waals surface area contributed by atoms with Crippen molar-refractivity contribution in [1.82, 2.24) is 10.2 Å². The molecule has 1 saturated heterocycles. The quantitative estimate of drug-likeness (QED) is 0.341. The number of rotatable bonds is 2. The van der Waals surface area contributed by atoms with Crippen LogP contribution in [-0.2, 0) is 9.53 Å². The van der Waals surface area contributed by atoms with E-state index in [0.717, 1.165) is 23.2 Å². The highest BCUT2D eigenvalue weighted by molar-refractivity contribution is 7.80. The van der Waals surface area contributed by atoms with E-state index in [1.807, 2.05) is 72.7 Å². The Hall–Kier alpha value is -3.17. The second-order valence-electron chi connectivity index (χ2n) is 10.1. The standard InChI is InChI=1S/C27H32ClN5O3S/c1-27(2,3)36-26(35)33-14-8-13-32(15-16-33)25(37)30-23-24(34)31(4)21-12-11-19(28)17-20(21)22(29-23)18-9-6-5-7-10-18/h5-7,9-12,17,23H,8,13-16H2,1-4H3,(H,30,37)/p+1. The summed E-state index contributed by atoms with van der Waals surface area (Å²) in [7, 11) is 1.73. The molecule has 0 spiro atoms. The Bertz CT molecular complexity index is 1240. The number of nitrogens with zero attached hydrogens (tertiary/aromatic N) is 4. The van der Waals surface area contributed by atoms with Gasteiger partial charge in [0, 0.05) is 36.2 Å². The van der Waals surface area contributed by atoms with E-state index in [2.05, 4.69) is 5.32 Å². The number of fused-ring (bicyclic) bond motifs is 1. The summed E-state index contributed by atoms with van der Waals surface area (Å²) in [4.78, 5) is 22.0. The van der Waals surface area contributed by atoms with Crippen molar-refractivity contribution in [1.29, 1.82) is 0 Å². The summed E-state index contributed by atoms with van der Waals surface area (Å²) in [6.07, 6.45) is -0.231. The first-order chi connectivity index (χ1) is 17.5. The maximum Gasteiger partial charge on any atom is 0.547 e. The van der Waals surface area contributed by atoms with Crippen molar-refractivity contribution < 1.29 is 19.2 Å². The third kappa shape index (κ3) is 6.40. The van der Waals surface area contributed by atoms with Crippen molar-refractivity contribution in [3.8, 4) is 0 Å².